The molecular formula is C18H26BrN3O2S. The molecule has 0 spiro atoms. The van der Waals surface area contributed by atoms with E-state index in [-0.39, 0.29) is 23.8 Å². The highest BCUT2D eigenvalue weighted by Gasteiger charge is 2.37. The van der Waals surface area contributed by atoms with Crippen LogP contribution in [0.3, 0.4) is 0 Å². The Kier molecular flexibility index (Phi) is 6.15. The Morgan fingerprint density at radius 3 is 2.76 bits per heavy atom. The van der Waals surface area contributed by atoms with E-state index < -0.39 is 0 Å². The van der Waals surface area contributed by atoms with Crippen LogP contribution < -0.4 is 5.32 Å². The first-order chi connectivity index (χ1) is 12.0. The number of carbonyl (C=O) groups is 2. The van der Waals surface area contributed by atoms with Crippen molar-refractivity contribution in [1.29, 1.82) is 0 Å². The quantitative estimate of drug-likeness (QED) is 0.699. The van der Waals surface area contributed by atoms with E-state index in [0.29, 0.717) is 18.2 Å². The lowest BCUT2D eigenvalue weighted by atomic mass is 9.92. The van der Waals surface area contributed by atoms with Gasteiger partial charge in [0.05, 0.1) is 5.92 Å². The zero-order valence-corrected chi connectivity index (χ0v) is 17.3. The highest BCUT2D eigenvalue weighted by Crippen LogP contribution is 2.45. The van der Waals surface area contributed by atoms with Gasteiger partial charge in [0.1, 0.15) is 5.69 Å². The van der Waals surface area contributed by atoms with E-state index in [2.05, 4.69) is 40.1 Å². The van der Waals surface area contributed by atoms with Gasteiger partial charge in [-0.1, -0.05) is 13.3 Å². The summed E-state index contributed by atoms with van der Waals surface area (Å²) in [6.07, 6.45) is 6.06. The molecule has 1 aromatic heterocycles. The van der Waals surface area contributed by atoms with Crippen LogP contribution in [0.1, 0.15) is 73.7 Å². The highest BCUT2D eigenvalue weighted by atomic mass is 79.9. The molecule has 1 N–H and O–H groups in total. The van der Waals surface area contributed by atoms with Crippen LogP contribution in [-0.2, 0) is 4.79 Å². The third-order valence-electron chi connectivity index (χ3n) is 5.12. The molecule has 0 radical (unpaired) electrons. The zero-order valence-electron chi connectivity index (χ0n) is 14.9. The number of halogens is 1. The molecule has 138 valence electrons. The van der Waals surface area contributed by atoms with Crippen molar-refractivity contribution < 1.29 is 9.59 Å². The molecule has 2 heterocycles. The topological polar surface area (TPSA) is 62.3 Å². The minimum atomic E-state index is -0.108. The van der Waals surface area contributed by atoms with Gasteiger partial charge in [0.2, 0.25) is 5.91 Å². The van der Waals surface area contributed by atoms with Crippen molar-refractivity contribution >= 4 is 39.1 Å². The molecule has 1 saturated carbocycles. The SMILES string of the molecule is CCCCNC(=O)[C@@H]1CC[C@H](C)N(C(=O)c2nc(Br)sc2C2CC2)C1. The van der Waals surface area contributed by atoms with Crippen LogP contribution in [0.15, 0.2) is 3.92 Å². The summed E-state index contributed by atoms with van der Waals surface area (Å²) in [5, 5.41) is 3.01. The number of aromatic nitrogens is 1. The highest BCUT2D eigenvalue weighted by molar-refractivity contribution is 9.11. The largest absolute Gasteiger partial charge is 0.356 e. The van der Waals surface area contributed by atoms with Gasteiger partial charge in [0, 0.05) is 24.0 Å². The fraction of sp³-hybridized carbons (Fsp3) is 0.722. The molecule has 0 unspecified atom stereocenters. The second-order valence-corrected chi connectivity index (χ2v) is 9.49. The average molecular weight is 428 g/mol. The predicted octanol–water partition coefficient (Wildman–Crippen LogP) is 3.94. The van der Waals surface area contributed by atoms with Crippen LogP contribution >= 0.6 is 27.3 Å². The fourth-order valence-electron chi connectivity index (χ4n) is 3.35. The molecule has 7 heteroatoms. The molecule has 1 aliphatic heterocycles. The van der Waals surface area contributed by atoms with Crippen molar-refractivity contribution in [2.75, 3.05) is 13.1 Å². The van der Waals surface area contributed by atoms with E-state index >= 15 is 0 Å². The van der Waals surface area contributed by atoms with E-state index in [1.807, 2.05) is 4.90 Å². The number of hydrogen-bond acceptors (Lipinski definition) is 4. The van der Waals surface area contributed by atoms with E-state index in [0.717, 1.165) is 53.9 Å². The van der Waals surface area contributed by atoms with Crippen molar-refractivity contribution in [3.8, 4) is 0 Å². The molecular weight excluding hydrogens is 402 g/mol. The van der Waals surface area contributed by atoms with Crippen LogP contribution in [0.2, 0.25) is 0 Å². The summed E-state index contributed by atoms with van der Waals surface area (Å²) in [6.45, 7) is 5.40. The minimum Gasteiger partial charge on any atom is -0.356 e. The van der Waals surface area contributed by atoms with E-state index in [4.69, 9.17) is 0 Å². The monoisotopic (exact) mass is 427 g/mol. The molecule has 3 rings (SSSR count). The van der Waals surface area contributed by atoms with Gasteiger partial charge in [-0.2, -0.15) is 0 Å². The lowest BCUT2D eigenvalue weighted by molar-refractivity contribution is -0.126. The Labute approximate surface area is 161 Å². The number of likely N-dealkylation sites (tertiary alicyclic amines) is 1. The summed E-state index contributed by atoms with van der Waals surface area (Å²) in [4.78, 5) is 33.0. The van der Waals surface area contributed by atoms with E-state index in [9.17, 15) is 9.59 Å². The third-order valence-corrected chi connectivity index (χ3v) is 6.79. The van der Waals surface area contributed by atoms with Gasteiger partial charge in [-0.15, -0.1) is 11.3 Å². The van der Waals surface area contributed by atoms with E-state index in [1.165, 1.54) is 0 Å². The molecule has 2 aliphatic rings. The van der Waals surface area contributed by atoms with Crippen molar-refractivity contribution in [2.45, 2.75) is 64.3 Å². The average Bonchev–Trinajstić information content (AvgIpc) is 3.37. The lowest BCUT2D eigenvalue weighted by Crippen LogP contribution is -2.49. The molecule has 0 aromatic carbocycles. The summed E-state index contributed by atoms with van der Waals surface area (Å²) in [5.41, 5.74) is 0.596. The van der Waals surface area contributed by atoms with Gasteiger partial charge in [0.15, 0.2) is 3.92 Å². The summed E-state index contributed by atoms with van der Waals surface area (Å²) in [7, 11) is 0. The molecule has 5 nitrogen and oxygen atoms in total. The second-order valence-electron chi connectivity index (χ2n) is 7.18. The summed E-state index contributed by atoms with van der Waals surface area (Å²) >= 11 is 5.01. The summed E-state index contributed by atoms with van der Waals surface area (Å²) < 4.78 is 0.774. The summed E-state index contributed by atoms with van der Waals surface area (Å²) in [5.74, 6) is 0.460. The van der Waals surface area contributed by atoms with Crippen molar-refractivity contribution in [3.63, 3.8) is 0 Å². The van der Waals surface area contributed by atoms with Crippen molar-refractivity contribution in [2.24, 2.45) is 5.92 Å². The number of hydrogen-bond donors (Lipinski definition) is 1. The predicted molar refractivity (Wildman–Crippen MR) is 103 cm³/mol. The molecule has 1 aliphatic carbocycles. The zero-order chi connectivity index (χ0) is 18.0. The van der Waals surface area contributed by atoms with Crippen LogP contribution in [0.4, 0.5) is 0 Å². The van der Waals surface area contributed by atoms with Gasteiger partial charge < -0.3 is 10.2 Å². The third kappa shape index (κ3) is 4.42. The second kappa shape index (κ2) is 8.16. The molecule has 2 fully saturated rings. The molecule has 2 amide bonds. The van der Waals surface area contributed by atoms with Crippen LogP contribution in [0.5, 0.6) is 0 Å². The number of piperidine rings is 1. The molecule has 1 saturated heterocycles. The van der Waals surface area contributed by atoms with Crippen molar-refractivity contribution in [1.82, 2.24) is 15.2 Å². The lowest BCUT2D eigenvalue weighted by Gasteiger charge is -2.37. The summed E-state index contributed by atoms with van der Waals surface area (Å²) in [6, 6.07) is 0.153. The molecule has 25 heavy (non-hydrogen) atoms. The number of nitrogens with one attached hydrogen (secondary N) is 1. The number of carbonyl (C=O) groups excluding carboxylic acids is 2. The smallest absolute Gasteiger partial charge is 0.273 e. The standard InChI is InChI=1S/C18H26BrN3O2S/c1-3-4-9-20-16(23)13-6-5-11(2)22(10-13)17(24)14-15(12-7-8-12)25-18(19)21-14/h11-13H,3-10H2,1-2H3,(H,20,23)/t11-,13+/m0/s1. The van der Waals surface area contributed by atoms with Gasteiger partial charge in [-0.05, 0) is 60.9 Å². The first kappa shape index (κ1) is 18.8. The number of thiazole rings is 1. The van der Waals surface area contributed by atoms with Gasteiger partial charge in [-0.25, -0.2) is 4.98 Å². The minimum absolute atomic E-state index is 0.0117. The van der Waals surface area contributed by atoms with E-state index in [1.54, 1.807) is 11.3 Å². The Balaban J connectivity index is 1.69. The number of unbranched alkanes of at least 4 members (excludes halogenated alkanes) is 1. The number of amides is 2. The van der Waals surface area contributed by atoms with Crippen LogP contribution in [0, 0.1) is 5.92 Å². The molecule has 1 aromatic rings. The number of nitrogens with zero attached hydrogens (tertiary/aromatic N) is 2. The fourth-order valence-corrected chi connectivity index (χ4v) is 5.00. The normalized spacial score (nSPS) is 23.6. The van der Waals surface area contributed by atoms with Crippen LogP contribution in [0.25, 0.3) is 0 Å². The maximum atomic E-state index is 13.1. The van der Waals surface area contributed by atoms with Gasteiger partial charge >= 0.3 is 0 Å². The Bertz CT molecular complexity index is 644. The maximum Gasteiger partial charge on any atom is 0.273 e. The van der Waals surface area contributed by atoms with Crippen LogP contribution in [-0.4, -0.2) is 40.8 Å². The van der Waals surface area contributed by atoms with Crippen molar-refractivity contribution in [3.05, 3.63) is 14.5 Å². The number of rotatable bonds is 6. The Morgan fingerprint density at radius 2 is 2.08 bits per heavy atom. The molecule has 2 atom stereocenters. The Morgan fingerprint density at radius 1 is 1.32 bits per heavy atom. The molecule has 0 bridgehead atoms. The van der Waals surface area contributed by atoms with Gasteiger partial charge in [-0.3, -0.25) is 9.59 Å². The Hall–Kier alpha value is -0.950. The maximum absolute atomic E-state index is 13.1. The van der Waals surface area contributed by atoms with Gasteiger partial charge in [0.25, 0.3) is 5.91 Å². The first-order valence-corrected chi connectivity index (χ1v) is 10.9. The first-order valence-electron chi connectivity index (χ1n) is 9.26.